The molecular formula is C18H15NO5S. The largest absolute Gasteiger partial charge is 0.497 e. The number of hydrogen-bond acceptors (Lipinski definition) is 5. The topological polar surface area (TPSA) is 85.6 Å². The summed E-state index contributed by atoms with van der Waals surface area (Å²) in [7, 11) is -2.23. The maximum absolute atomic E-state index is 12.6. The van der Waals surface area contributed by atoms with Crippen molar-refractivity contribution in [2.24, 2.45) is 0 Å². The minimum Gasteiger partial charge on any atom is -0.497 e. The van der Waals surface area contributed by atoms with E-state index in [0.717, 1.165) is 0 Å². The summed E-state index contributed by atoms with van der Waals surface area (Å²) in [4.78, 5) is 10.8. The summed E-state index contributed by atoms with van der Waals surface area (Å²) in [5.41, 5.74) is 0.984. The van der Waals surface area contributed by atoms with E-state index in [4.69, 9.17) is 9.15 Å². The van der Waals surface area contributed by atoms with E-state index in [1.807, 2.05) is 0 Å². The van der Waals surface area contributed by atoms with Crippen molar-refractivity contribution < 1.29 is 22.4 Å². The lowest BCUT2D eigenvalue weighted by Gasteiger charge is -2.09. The smallest absolute Gasteiger partial charge is 0.261 e. The third-order valence-electron chi connectivity index (χ3n) is 3.51. The Balaban J connectivity index is 1.88. The number of carbonyl (C=O) groups is 1. The van der Waals surface area contributed by atoms with Crippen LogP contribution in [0.2, 0.25) is 0 Å². The molecule has 0 saturated carbocycles. The van der Waals surface area contributed by atoms with Gasteiger partial charge in [0, 0.05) is 11.3 Å². The molecule has 0 aliphatic rings. The fraction of sp³-hybridized carbons (Fsp3) is 0.0556. The molecule has 0 atom stereocenters. The number of sulfonamides is 1. The minimum absolute atomic E-state index is 0.0878. The molecule has 0 saturated heterocycles. The first-order valence-corrected chi connectivity index (χ1v) is 8.82. The number of carbonyl (C=O) groups excluding carboxylic acids is 1. The Morgan fingerprint density at radius 2 is 1.80 bits per heavy atom. The summed E-state index contributed by atoms with van der Waals surface area (Å²) < 4.78 is 38.0. The van der Waals surface area contributed by atoms with Crippen LogP contribution in [0.5, 0.6) is 5.75 Å². The highest BCUT2D eigenvalue weighted by molar-refractivity contribution is 7.92. The maximum Gasteiger partial charge on any atom is 0.261 e. The normalized spacial score (nSPS) is 11.1. The summed E-state index contributed by atoms with van der Waals surface area (Å²) in [6.07, 6.45) is 0.593. The molecule has 0 spiro atoms. The first-order valence-electron chi connectivity index (χ1n) is 7.34. The Morgan fingerprint density at radius 1 is 1.04 bits per heavy atom. The Morgan fingerprint density at radius 3 is 2.44 bits per heavy atom. The van der Waals surface area contributed by atoms with Crippen molar-refractivity contribution in [2.75, 3.05) is 11.8 Å². The van der Waals surface area contributed by atoms with E-state index in [-0.39, 0.29) is 10.7 Å². The van der Waals surface area contributed by atoms with Gasteiger partial charge in [-0.15, -0.1) is 0 Å². The SMILES string of the molecule is COc1ccc(NS(=O)(=O)c2cccc(-c3ccc(C=O)o3)c2)cc1. The molecule has 1 N–H and O–H groups in total. The second-order valence-electron chi connectivity index (χ2n) is 5.18. The second-order valence-corrected chi connectivity index (χ2v) is 6.86. The van der Waals surface area contributed by atoms with Gasteiger partial charge in [-0.3, -0.25) is 9.52 Å². The first-order chi connectivity index (χ1) is 12.0. The zero-order chi connectivity index (χ0) is 17.9. The zero-order valence-corrected chi connectivity index (χ0v) is 14.1. The van der Waals surface area contributed by atoms with Gasteiger partial charge in [-0.1, -0.05) is 12.1 Å². The van der Waals surface area contributed by atoms with Gasteiger partial charge in [0.1, 0.15) is 11.5 Å². The molecule has 0 aliphatic heterocycles. The van der Waals surface area contributed by atoms with Crippen LogP contribution in [0, 0.1) is 0 Å². The number of benzene rings is 2. The van der Waals surface area contributed by atoms with Crippen molar-refractivity contribution in [2.45, 2.75) is 4.90 Å². The van der Waals surface area contributed by atoms with Gasteiger partial charge in [-0.2, -0.15) is 0 Å². The van der Waals surface area contributed by atoms with Gasteiger partial charge in [0.2, 0.25) is 0 Å². The van der Waals surface area contributed by atoms with Crippen molar-refractivity contribution in [1.82, 2.24) is 0 Å². The molecule has 6 nitrogen and oxygen atoms in total. The molecule has 0 radical (unpaired) electrons. The lowest BCUT2D eigenvalue weighted by molar-refractivity contribution is 0.110. The van der Waals surface area contributed by atoms with Gasteiger partial charge in [0.15, 0.2) is 12.0 Å². The number of ether oxygens (including phenoxy) is 1. The van der Waals surface area contributed by atoms with Crippen molar-refractivity contribution in [3.05, 3.63) is 66.4 Å². The average Bonchev–Trinajstić information content (AvgIpc) is 3.11. The zero-order valence-electron chi connectivity index (χ0n) is 13.3. The van der Waals surface area contributed by atoms with Crippen LogP contribution >= 0.6 is 0 Å². The summed E-state index contributed by atoms with van der Waals surface area (Å²) in [6, 6.07) is 16.0. The number of rotatable bonds is 6. The second kappa shape index (κ2) is 6.82. The van der Waals surface area contributed by atoms with E-state index in [1.165, 1.54) is 25.3 Å². The summed E-state index contributed by atoms with van der Waals surface area (Å²) >= 11 is 0. The van der Waals surface area contributed by atoms with Crippen molar-refractivity contribution in [3.8, 4) is 17.1 Å². The number of nitrogens with one attached hydrogen (secondary N) is 1. The van der Waals surface area contributed by atoms with E-state index < -0.39 is 10.0 Å². The van der Waals surface area contributed by atoms with Crippen LogP contribution in [0.4, 0.5) is 5.69 Å². The number of methoxy groups -OCH3 is 1. The molecule has 7 heteroatoms. The Hall–Kier alpha value is -3.06. The fourth-order valence-corrected chi connectivity index (χ4v) is 3.37. The van der Waals surface area contributed by atoms with E-state index in [0.29, 0.717) is 29.0 Å². The Bertz CT molecular complexity index is 990. The van der Waals surface area contributed by atoms with Crippen molar-refractivity contribution >= 4 is 22.0 Å². The van der Waals surface area contributed by atoms with Crippen LogP contribution in [0.25, 0.3) is 11.3 Å². The van der Waals surface area contributed by atoms with Gasteiger partial charge >= 0.3 is 0 Å². The van der Waals surface area contributed by atoms with Crippen LogP contribution < -0.4 is 9.46 Å². The molecule has 3 rings (SSSR count). The highest BCUT2D eigenvalue weighted by Crippen LogP contribution is 2.25. The number of anilines is 1. The summed E-state index contributed by atoms with van der Waals surface area (Å²) in [6.45, 7) is 0. The van der Waals surface area contributed by atoms with Gasteiger partial charge < -0.3 is 9.15 Å². The lowest BCUT2D eigenvalue weighted by Crippen LogP contribution is -2.12. The van der Waals surface area contributed by atoms with Gasteiger partial charge in [-0.25, -0.2) is 8.42 Å². The number of hydrogen-bond donors (Lipinski definition) is 1. The molecule has 0 fully saturated rings. The number of furan rings is 1. The highest BCUT2D eigenvalue weighted by atomic mass is 32.2. The fourth-order valence-electron chi connectivity index (χ4n) is 2.26. The van der Waals surface area contributed by atoms with Crippen LogP contribution in [0.3, 0.4) is 0 Å². The van der Waals surface area contributed by atoms with E-state index in [9.17, 15) is 13.2 Å². The average molecular weight is 357 g/mol. The Kier molecular flexibility index (Phi) is 4.58. The van der Waals surface area contributed by atoms with Crippen LogP contribution in [0.1, 0.15) is 10.6 Å². The molecule has 0 bridgehead atoms. The molecule has 1 aromatic heterocycles. The number of aldehydes is 1. The van der Waals surface area contributed by atoms with Crippen LogP contribution in [0.15, 0.2) is 70.0 Å². The molecule has 128 valence electrons. The Labute approximate surface area is 145 Å². The van der Waals surface area contributed by atoms with Crippen LogP contribution in [-0.2, 0) is 10.0 Å². The first kappa shape index (κ1) is 16.8. The third kappa shape index (κ3) is 3.72. The molecule has 1 heterocycles. The minimum atomic E-state index is -3.76. The molecule has 3 aromatic rings. The van der Waals surface area contributed by atoms with Crippen LogP contribution in [-0.4, -0.2) is 21.8 Å². The van der Waals surface area contributed by atoms with Gasteiger partial charge in [-0.05, 0) is 48.5 Å². The van der Waals surface area contributed by atoms with Gasteiger partial charge in [0.25, 0.3) is 10.0 Å². The predicted octanol–water partition coefficient (Wildman–Crippen LogP) is 3.57. The monoisotopic (exact) mass is 357 g/mol. The molecular weight excluding hydrogens is 342 g/mol. The standard InChI is InChI=1S/C18H15NO5S/c1-23-15-7-5-14(6-8-15)19-25(21,22)17-4-2-3-13(11-17)18-10-9-16(12-20)24-18/h2-12,19H,1H3. The highest BCUT2D eigenvalue weighted by Gasteiger charge is 2.16. The molecule has 0 amide bonds. The third-order valence-corrected chi connectivity index (χ3v) is 4.89. The van der Waals surface area contributed by atoms with Crippen molar-refractivity contribution in [1.29, 1.82) is 0 Å². The van der Waals surface area contributed by atoms with E-state index in [1.54, 1.807) is 42.5 Å². The quantitative estimate of drug-likeness (QED) is 0.682. The lowest BCUT2D eigenvalue weighted by atomic mass is 10.2. The van der Waals surface area contributed by atoms with Crippen molar-refractivity contribution in [3.63, 3.8) is 0 Å². The summed E-state index contributed by atoms with van der Waals surface area (Å²) in [5, 5.41) is 0. The van der Waals surface area contributed by atoms with Gasteiger partial charge in [0.05, 0.1) is 12.0 Å². The maximum atomic E-state index is 12.6. The molecule has 0 aliphatic carbocycles. The summed E-state index contributed by atoms with van der Waals surface area (Å²) in [5.74, 6) is 1.23. The van der Waals surface area contributed by atoms with E-state index >= 15 is 0 Å². The molecule has 2 aromatic carbocycles. The molecule has 0 unspecified atom stereocenters. The molecule has 25 heavy (non-hydrogen) atoms. The predicted molar refractivity (Wildman–Crippen MR) is 93.3 cm³/mol. The van der Waals surface area contributed by atoms with E-state index in [2.05, 4.69) is 4.72 Å².